The van der Waals surface area contributed by atoms with Crippen molar-refractivity contribution in [2.24, 2.45) is 0 Å². The van der Waals surface area contributed by atoms with Gasteiger partial charge in [-0.3, -0.25) is 4.98 Å². The van der Waals surface area contributed by atoms with Crippen molar-refractivity contribution in [3.63, 3.8) is 0 Å². The second-order valence-corrected chi connectivity index (χ2v) is 9.98. The fourth-order valence-electron chi connectivity index (χ4n) is 3.84. The standard InChI is InChI=1S/C23H25N9S/c1-23(2,3)28-18-11-19(20-5-4-16-10-15(12-24)13-27-32(16)20)26-14-17(18)21-29-30-22(33-21)31-8-6-25-7-9-31/h4-5,10-11,13-14,25H,6-9H2,1-3H3,(H,26,28). The molecule has 0 aromatic carbocycles. The molecule has 0 spiro atoms. The van der Waals surface area contributed by atoms with Gasteiger partial charge in [0.15, 0.2) is 5.01 Å². The molecule has 33 heavy (non-hydrogen) atoms. The molecule has 4 aromatic heterocycles. The number of piperazine rings is 1. The highest BCUT2D eigenvalue weighted by Crippen LogP contribution is 2.36. The van der Waals surface area contributed by atoms with E-state index in [9.17, 15) is 0 Å². The van der Waals surface area contributed by atoms with Crippen LogP contribution in [-0.2, 0) is 0 Å². The van der Waals surface area contributed by atoms with E-state index in [2.05, 4.69) is 57.7 Å². The molecular formula is C23H25N9S. The summed E-state index contributed by atoms with van der Waals surface area (Å²) in [5, 5.41) is 31.3. The number of pyridine rings is 1. The van der Waals surface area contributed by atoms with E-state index in [1.54, 1.807) is 22.0 Å². The van der Waals surface area contributed by atoms with Crippen molar-refractivity contribution in [2.75, 3.05) is 36.4 Å². The predicted molar refractivity (Wildman–Crippen MR) is 130 cm³/mol. The van der Waals surface area contributed by atoms with Gasteiger partial charge in [-0.1, -0.05) is 11.3 Å². The molecule has 168 valence electrons. The number of hydrogen-bond acceptors (Lipinski definition) is 9. The monoisotopic (exact) mass is 459 g/mol. The first-order valence-electron chi connectivity index (χ1n) is 10.9. The molecule has 0 radical (unpaired) electrons. The predicted octanol–water partition coefficient (Wildman–Crippen LogP) is 3.41. The Morgan fingerprint density at radius 2 is 1.94 bits per heavy atom. The number of nitriles is 1. The van der Waals surface area contributed by atoms with Crippen LogP contribution in [0.3, 0.4) is 0 Å². The summed E-state index contributed by atoms with van der Waals surface area (Å²) < 4.78 is 1.80. The van der Waals surface area contributed by atoms with Crippen LogP contribution in [-0.4, -0.2) is 56.5 Å². The third-order valence-electron chi connectivity index (χ3n) is 5.34. The zero-order valence-corrected chi connectivity index (χ0v) is 19.6. The summed E-state index contributed by atoms with van der Waals surface area (Å²) in [4.78, 5) is 7.02. The van der Waals surface area contributed by atoms with Crippen molar-refractivity contribution in [3.05, 3.63) is 42.2 Å². The lowest BCUT2D eigenvalue weighted by Gasteiger charge is -2.26. The number of fused-ring (bicyclic) bond motifs is 1. The molecule has 0 atom stereocenters. The lowest BCUT2D eigenvalue weighted by Crippen LogP contribution is -2.43. The van der Waals surface area contributed by atoms with Crippen molar-refractivity contribution >= 4 is 27.7 Å². The van der Waals surface area contributed by atoms with E-state index in [1.807, 2.05) is 30.5 Å². The maximum atomic E-state index is 9.15. The average molecular weight is 460 g/mol. The second-order valence-electron chi connectivity index (χ2n) is 9.03. The third kappa shape index (κ3) is 4.37. The molecule has 10 heteroatoms. The van der Waals surface area contributed by atoms with E-state index < -0.39 is 0 Å². The molecule has 0 saturated carbocycles. The molecule has 1 aliphatic rings. The van der Waals surface area contributed by atoms with Crippen LogP contribution in [0, 0.1) is 11.3 Å². The molecule has 2 N–H and O–H groups in total. The van der Waals surface area contributed by atoms with Crippen LogP contribution in [0.1, 0.15) is 26.3 Å². The fraction of sp³-hybridized carbons (Fsp3) is 0.348. The Morgan fingerprint density at radius 3 is 2.70 bits per heavy atom. The molecule has 0 amide bonds. The Hall–Kier alpha value is -3.55. The highest BCUT2D eigenvalue weighted by Gasteiger charge is 2.21. The topological polar surface area (TPSA) is 107 Å². The molecule has 4 aromatic rings. The quantitative estimate of drug-likeness (QED) is 0.478. The van der Waals surface area contributed by atoms with Gasteiger partial charge < -0.3 is 15.5 Å². The molecule has 1 fully saturated rings. The Labute approximate surface area is 196 Å². The second kappa shape index (κ2) is 8.42. The van der Waals surface area contributed by atoms with Gasteiger partial charge in [0.05, 0.1) is 34.2 Å². The van der Waals surface area contributed by atoms with Gasteiger partial charge in [0.25, 0.3) is 0 Å². The number of rotatable bonds is 4. The van der Waals surface area contributed by atoms with Gasteiger partial charge in [-0.15, -0.1) is 10.2 Å². The smallest absolute Gasteiger partial charge is 0.208 e. The van der Waals surface area contributed by atoms with Crippen LogP contribution >= 0.6 is 11.3 Å². The molecule has 0 unspecified atom stereocenters. The van der Waals surface area contributed by atoms with Crippen LogP contribution in [0.4, 0.5) is 10.8 Å². The van der Waals surface area contributed by atoms with Crippen molar-refractivity contribution in [2.45, 2.75) is 26.3 Å². The Balaban J connectivity index is 1.55. The fourth-order valence-corrected chi connectivity index (χ4v) is 4.76. The van der Waals surface area contributed by atoms with Gasteiger partial charge >= 0.3 is 0 Å². The van der Waals surface area contributed by atoms with E-state index >= 15 is 0 Å². The Kier molecular flexibility index (Phi) is 5.44. The van der Waals surface area contributed by atoms with Crippen molar-refractivity contribution < 1.29 is 0 Å². The third-order valence-corrected chi connectivity index (χ3v) is 6.36. The largest absolute Gasteiger partial charge is 0.380 e. The van der Waals surface area contributed by atoms with E-state index in [0.29, 0.717) is 5.56 Å². The summed E-state index contributed by atoms with van der Waals surface area (Å²) in [6, 6.07) is 9.90. The molecule has 1 aliphatic heterocycles. The first-order chi connectivity index (χ1) is 15.9. The van der Waals surface area contributed by atoms with E-state index in [1.165, 1.54) is 0 Å². The van der Waals surface area contributed by atoms with Crippen molar-refractivity contribution in [1.29, 1.82) is 5.26 Å². The molecule has 0 aliphatic carbocycles. The molecule has 1 saturated heterocycles. The summed E-state index contributed by atoms with van der Waals surface area (Å²) in [5.74, 6) is 0. The number of aromatic nitrogens is 5. The van der Waals surface area contributed by atoms with Gasteiger partial charge in [-0.05, 0) is 45.0 Å². The van der Waals surface area contributed by atoms with Gasteiger partial charge in [-0.2, -0.15) is 10.4 Å². The van der Waals surface area contributed by atoms with E-state index in [4.69, 9.17) is 10.2 Å². The Morgan fingerprint density at radius 1 is 1.12 bits per heavy atom. The van der Waals surface area contributed by atoms with Crippen LogP contribution in [0.5, 0.6) is 0 Å². The lowest BCUT2D eigenvalue weighted by molar-refractivity contribution is 0.587. The average Bonchev–Trinajstić information content (AvgIpc) is 3.45. The molecule has 9 nitrogen and oxygen atoms in total. The van der Waals surface area contributed by atoms with E-state index in [0.717, 1.165) is 64.5 Å². The molecule has 0 bridgehead atoms. The van der Waals surface area contributed by atoms with Crippen LogP contribution in [0.25, 0.3) is 27.5 Å². The summed E-state index contributed by atoms with van der Waals surface area (Å²) >= 11 is 1.59. The first kappa shape index (κ1) is 21.3. The molecule has 5 rings (SSSR count). The highest BCUT2D eigenvalue weighted by molar-refractivity contribution is 7.18. The molecular weight excluding hydrogens is 434 g/mol. The summed E-state index contributed by atoms with van der Waals surface area (Å²) in [6.45, 7) is 10.2. The van der Waals surface area contributed by atoms with Gasteiger partial charge in [0.1, 0.15) is 6.07 Å². The first-order valence-corrected chi connectivity index (χ1v) is 11.7. The summed E-state index contributed by atoms with van der Waals surface area (Å²) in [7, 11) is 0. The van der Waals surface area contributed by atoms with Crippen LogP contribution in [0.15, 0.2) is 36.7 Å². The van der Waals surface area contributed by atoms with Crippen molar-refractivity contribution in [1.82, 2.24) is 30.1 Å². The SMILES string of the molecule is CC(C)(C)Nc1cc(-c2ccc3cc(C#N)cnn23)ncc1-c1nnc(N2CCNCC2)s1. The zero-order chi connectivity index (χ0) is 23.0. The van der Waals surface area contributed by atoms with Gasteiger partial charge in [-0.25, -0.2) is 4.52 Å². The van der Waals surface area contributed by atoms with Crippen LogP contribution < -0.4 is 15.5 Å². The maximum absolute atomic E-state index is 9.15. The number of hydrogen-bond donors (Lipinski definition) is 2. The summed E-state index contributed by atoms with van der Waals surface area (Å²) in [5.41, 5.74) is 4.74. The number of nitrogens with zero attached hydrogens (tertiary/aromatic N) is 7. The normalized spacial score (nSPS) is 14.4. The van der Waals surface area contributed by atoms with E-state index in [-0.39, 0.29) is 5.54 Å². The minimum Gasteiger partial charge on any atom is -0.380 e. The Bertz CT molecular complexity index is 1340. The minimum atomic E-state index is -0.152. The van der Waals surface area contributed by atoms with Gasteiger partial charge in [0, 0.05) is 43.6 Å². The minimum absolute atomic E-state index is 0.152. The number of nitrogens with one attached hydrogen (secondary N) is 2. The lowest BCUT2D eigenvalue weighted by atomic mass is 10.1. The molecule has 5 heterocycles. The summed E-state index contributed by atoms with van der Waals surface area (Å²) in [6.07, 6.45) is 3.42. The highest BCUT2D eigenvalue weighted by atomic mass is 32.1. The number of anilines is 2. The zero-order valence-electron chi connectivity index (χ0n) is 18.8. The van der Waals surface area contributed by atoms with Gasteiger partial charge in [0.2, 0.25) is 5.13 Å². The van der Waals surface area contributed by atoms with Crippen LogP contribution in [0.2, 0.25) is 0 Å². The van der Waals surface area contributed by atoms with Crippen molar-refractivity contribution in [3.8, 4) is 28.0 Å². The maximum Gasteiger partial charge on any atom is 0.208 e.